The van der Waals surface area contributed by atoms with Gasteiger partial charge in [0.15, 0.2) is 0 Å². The third-order valence-electron chi connectivity index (χ3n) is 2.66. The van der Waals surface area contributed by atoms with Crippen LogP contribution < -0.4 is 10.6 Å². The van der Waals surface area contributed by atoms with Crippen LogP contribution in [0.25, 0.3) is 0 Å². The van der Waals surface area contributed by atoms with E-state index in [-0.39, 0.29) is 23.2 Å². The van der Waals surface area contributed by atoms with Crippen molar-refractivity contribution in [2.24, 2.45) is 5.92 Å². The molecule has 0 aliphatic carbocycles. The van der Waals surface area contributed by atoms with Gasteiger partial charge >= 0.3 is 0 Å². The lowest BCUT2D eigenvalue weighted by Crippen LogP contribution is -2.41. The van der Waals surface area contributed by atoms with Gasteiger partial charge in [-0.3, -0.25) is 14.9 Å². The minimum absolute atomic E-state index is 0.00713. The summed E-state index contributed by atoms with van der Waals surface area (Å²) in [6.45, 7) is 3.58. The van der Waals surface area contributed by atoms with Crippen LogP contribution in [0.3, 0.4) is 0 Å². The third-order valence-corrected chi connectivity index (χ3v) is 2.66. The molecule has 0 saturated carbocycles. The Kier molecular flexibility index (Phi) is 4.80. The molecule has 1 aromatic rings. The second-order valence-corrected chi connectivity index (χ2v) is 4.40. The first-order chi connectivity index (χ1) is 8.86. The lowest BCUT2D eigenvalue weighted by Gasteiger charge is -2.21. The lowest BCUT2D eigenvalue weighted by molar-refractivity contribution is -0.384. The van der Waals surface area contributed by atoms with E-state index in [0.717, 1.165) is 18.2 Å². The van der Waals surface area contributed by atoms with Gasteiger partial charge in [0.25, 0.3) is 5.69 Å². The van der Waals surface area contributed by atoms with Crippen LogP contribution in [-0.4, -0.2) is 23.9 Å². The number of carbonyl (C=O) groups excluding carboxylic acids is 1. The molecule has 1 amide bonds. The Bertz CT molecular complexity index is 491. The van der Waals surface area contributed by atoms with Crippen LogP contribution in [0.15, 0.2) is 18.2 Å². The fraction of sp³-hybridized carbons (Fsp3) is 0.417. The zero-order chi connectivity index (χ0) is 14.6. The van der Waals surface area contributed by atoms with Crippen molar-refractivity contribution in [2.75, 3.05) is 12.4 Å². The van der Waals surface area contributed by atoms with E-state index in [2.05, 4.69) is 10.6 Å². The molecule has 1 rings (SSSR count). The van der Waals surface area contributed by atoms with E-state index in [4.69, 9.17) is 0 Å². The van der Waals surface area contributed by atoms with Gasteiger partial charge in [-0.1, -0.05) is 13.8 Å². The summed E-state index contributed by atoms with van der Waals surface area (Å²) in [6, 6.07) is 2.41. The highest BCUT2D eigenvalue weighted by Crippen LogP contribution is 2.26. The molecule has 0 aliphatic rings. The molecule has 19 heavy (non-hydrogen) atoms. The van der Waals surface area contributed by atoms with Gasteiger partial charge in [-0.25, -0.2) is 4.39 Å². The molecule has 1 aromatic carbocycles. The van der Waals surface area contributed by atoms with Crippen molar-refractivity contribution in [2.45, 2.75) is 19.9 Å². The molecule has 0 radical (unpaired) electrons. The molecule has 0 bridgehead atoms. The highest BCUT2D eigenvalue weighted by Gasteiger charge is 2.24. The van der Waals surface area contributed by atoms with E-state index < -0.39 is 16.8 Å². The fourth-order valence-corrected chi connectivity index (χ4v) is 1.64. The molecule has 0 spiro atoms. The first-order valence-electron chi connectivity index (χ1n) is 5.79. The predicted octanol–water partition coefficient (Wildman–Crippen LogP) is 1.92. The average Bonchev–Trinajstić information content (AvgIpc) is 2.34. The number of hydrogen-bond acceptors (Lipinski definition) is 4. The van der Waals surface area contributed by atoms with E-state index >= 15 is 0 Å². The second kappa shape index (κ2) is 6.12. The van der Waals surface area contributed by atoms with Crippen molar-refractivity contribution >= 4 is 17.3 Å². The molecule has 7 heteroatoms. The molecule has 0 heterocycles. The number of benzene rings is 1. The smallest absolute Gasteiger partial charge is 0.292 e. The number of anilines is 1. The normalized spacial score (nSPS) is 12.1. The maximum atomic E-state index is 13.2. The first kappa shape index (κ1) is 14.9. The zero-order valence-electron chi connectivity index (χ0n) is 10.9. The summed E-state index contributed by atoms with van der Waals surface area (Å²) in [4.78, 5) is 21.9. The number of nitrogens with zero attached hydrogens (tertiary/aromatic N) is 1. The van der Waals surface area contributed by atoms with Crippen molar-refractivity contribution in [3.8, 4) is 0 Å². The van der Waals surface area contributed by atoms with E-state index in [1.807, 2.05) is 0 Å². The van der Waals surface area contributed by atoms with Crippen LogP contribution in [0.1, 0.15) is 13.8 Å². The first-order valence-corrected chi connectivity index (χ1v) is 5.79. The number of likely N-dealkylation sites (N-methyl/N-ethyl adjacent to an activating group) is 1. The number of nitro benzene ring substituents is 1. The van der Waals surface area contributed by atoms with Gasteiger partial charge in [-0.05, 0) is 12.0 Å². The van der Waals surface area contributed by atoms with Gasteiger partial charge in [0, 0.05) is 19.2 Å². The zero-order valence-corrected chi connectivity index (χ0v) is 10.9. The Balaban J connectivity index is 3.11. The Morgan fingerprint density at radius 1 is 1.42 bits per heavy atom. The van der Waals surface area contributed by atoms with Gasteiger partial charge in [0.2, 0.25) is 5.91 Å². The van der Waals surface area contributed by atoms with Crippen LogP contribution in [0.4, 0.5) is 15.8 Å². The minimum atomic E-state index is -0.675. The quantitative estimate of drug-likeness (QED) is 0.631. The van der Waals surface area contributed by atoms with Gasteiger partial charge in [0.05, 0.1) is 4.92 Å². The van der Waals surface area contributed by atoms with Gasteiger partial charge < -0.3 is 10.6 Å². The van der Waals surface area contributed by atoms with Gasteiger partial charge in [-0.15, -0.1) is 0 Å². The number of rotatable bonds is 5. The molecule has 0 fully saturated rings. The van der Waals surface area contributed by atoms with Crippen LogP contribution in [0.2, 0.25) is 0 Å². The van der Waals surface area contributed by atoms with E-state index in [9.17, 15) is 19.3 Å². The van der Waals surface area contributed by atoms with Crippen molar-refractivity contribution in [1.29, 1.82) is 0 Å². The molecule has 6 nitrogen and oxygen atoms in total. The summed E-state index contributed by atoms with van der Waals surface area (Å²) in [6.07, 6.45) is 0. The fourth-order valence-electron chi connectivity index (χ4n) is 1.64. The molecule has 2 N–H and O–H groups in total. The highest BCUT2D eigenvalue weighted by atomic mass is 19.1. The Labute approximate surface area is 110 Å². The molecular formula is C12H16FN3O3. The van der Waals surface area contributed by atoms with E-state index in [1.165, 1.54) is 7.05 Å². The van der Waals surface area contributed by atoms with Crippen LogP contribution in [-0.2, 0) is 4.79 Å². The predicted molar refractivity (Wildman–Crippen MR) is 69.4 cm³/mol. The summed E-state index contributed by atoms with van der Waals surface area (Å²) in [5.74, 6) is -1.02. The molecular weight excluding hydrogens is 253 g/mol. The van der Waals surface area contributed by atoms with E-state index in [0.29, 0.717) is 0 Å². The topological polar surface area (TPSA) is 84.3 Å². The Morgan fingerprint density at radius 3 is 2.53 bits per heavy atom. The molecule has 1 atom stereocenters. The van der Waals surface area contributed by atoms with Crippen molar-refractivity contribution in [3.63, 3.8) is 0 Å². The minimum Gasteiger partial charge on any atom is -0.368 e. The summed E-state index contributed by atoms with van der Waals surface area (Å²) in [7, 11) is 1.47. The summed E-state index contributed by atoms with van der Waals surface area (Å²) < 4.78 is 13.2. The van der Waals surface area contributed by atoms with Gasteiger partial charge in [-0.2, -0.15) is 0 Å². The monoisotopic (exact) mass is 269 g/mol. The molecule has 0 aromatic heterocycles. The molecule has 0 unspecified atom stereocenters. The second-order valence-electron chi connectivity index (χ2n) is 4.40. The number of amides is 1. The van der Waals surface area contributed by atoms with E-state index in [1.54, 1.807) is 13.8 Å². The standard InChI is InChI=1S/C12H16FN3O3/c1-7(2)11(12(17)14-3)15-9-6-8(13)4-5-10(9)16(18)19/h4-7,11,15H,1-3H3,(H,14,17)/t11-/m0/s1. The lowest BCUT2D eigenvalue weighted by atomic mass is 10.0. The van der Waals surface area contributed by atoms with Crippen molar-refractivity contribution in [1.82, 2.24) is 5.32 Å². The van der Waals surface area contributed by atoms with Crippen molar-refractivity contribution in [3.05, 3.63) is 34.1 Å². The largest absolute Gasteiger partial charge is 0.368 e. The van der Waals surface area contributed by atoms with Crippen LogP contribution >= 0.6 is 0 Å². The maximum Gasteiger partial charge on any atom is 0.292 e. The Morgan fingerprint density at radius 2 is 2.05 bits per heavy atom. The van der Waals surface area contributed by atoms with Crippen LogP contribution in [0.5, 0.6) is 0 Å². The number of halogens is 1. The molecule has 0 aliphatic heterocycles. The summed E-state index contributed by atoms with van der Waals surface area (Å²) >= 11 is 0. The summed E-state index contributed by atoms with van der Waals surface area (Å²) in [5.41, 5.74) is -0.275. The number of nitro groups is 1. The molecule has 104 valence electrons. The summed E-state index contributed by atoms with van der Waals surface area (Å²) in [5, 5.41) is 16.1. The maximum absolute atomic E-state index is 13.2. The van der Waals surface area contributed by atoms with Crippen LogP contribution in [0, 0.1) is 21.8 Å². The van der Waals surface area contributed by atoms with Crippen molar-refractivity contribution < 1.29 is 14.1 Å². The average molecular weight is 269 g/mol. The SMILES string of the molecule is CNC(=O)[C@@H](Nc1cc(F)ccc1[N+](=O)[O-])C(C)C. The number of nitrogens with one attached hydrogen (secondary N) is 2. The van der Waals surface area contributed by atoms with Gasteiger partial charge in [0.1, 0.15) is 17.5 Å². The number of hydrogen-bond donors (Lipinski definition) is 2. The number of carbonyl (C=O) groups is 1. The third kappa shape index (κ3) is 3.64. The Hall–Kier alpha value is -2.18. The highest BCUT2D eigenvalue weighted by molar-refractivity contribution is 5.85. The molecule has 0 saturated heterocycles.